The zero-order valence-electron chi connectivity index (χ0n) is 15.8. The van der Waals surface area contributed by atoms with Crippen molar-refractivity contribution in [1.29, 1.82) is 0 Å². The molecule has 1 aromatic carbocycles. The van der Waals surface area contributed by atoms with Crippen LogP contribution in [-0.4, -0.2) is 37.5 Å². The number of aromatic nitrogens is 4. The molecule has 142 valence electrons. The lowest BCUT2D eigenvalue weighted by atomic mass is 10.2. The van der Waals surface area contributed by atoms with Crippen molar-refractivity contribution in [2.24, 2.45) is 0 Å². The topological polar surface area (TPSA) is 90.8 Å². The van der Waals surface area contributed by atoms with Crippen molar-refractivity contribution >= 4 is 16.9 Å². The van der Waals surface area contributed by atoms with Gasteiger partial charge < -0.3 is 14.3 Å². The van der Waals surface area contributed by atoms with Gasteiger partial charge in [0.05, 0.1) is 17.1 Å². The summed E-state index contributed by atoms with van der Waals surface area (Å²) in [5.41, 5.74) is 4.20. The highest BCUT2D eigenvalue weighted by atomic mass is 16.3. The number of benzene rings is 1. The van der Waals surface area contributed by atoms with E-state index in [4.69, 9.17) is 9.40 Å². The molecule has 4 heterocycles. The summed E-state index contributed by atoms with van der Waals surface area (Å²) >= 11 is 0. The van der Waals surface area contributed by atoms with Gasteiger partial charge in [0, 0.05) is 12.6 Å². The Hall–Kier alpha value is -3.35. The van der Waals surface area contributed by atoms with Gasteiger partial charge in [-0.05, 0) is 56.5 Å². The molecule has 0 saturated carbocycles. The van der Waals surface area contributed by atoms with Gasteiger partial charge in [0.25, 0.3) is 5.91 Å². The number of furan rings is 1. The molecular formula is C21H21N5O2. The van der Waals surface area contributed by atoms with E-state index in [1.54, 1.807) is 6.07 Å². The average Bonchev–Trinajstić information content (AvgIpc) is 3.45. The maximum absolute atomic E-state index is 13.1. The van der Waals surface area contributed by atoms with Gasteiger partial charge in [0.15, 0.2) is 11.5 Å². The monoisotopic (exact) mass is 375 g/mol. The summed E-state index contributed by atoms with van der Waals surface area (Å²) in [6, 6.07) is 11.6. The fourth-order valence-corrected chi connectivity index (χ4v) is 3.88. The summed E-state index contributed by atoms with van der Waals surface area (Å²) in [5.74, 6) is 2.24. The first-order valence-corrected chi connectivity index (χ1v) is 9.48. The lowest BCUT2D eigenvalue weighted by Gasteiger charge is -2.22. The summed E-state index contributed by atoms with van der Waals surface area (Å²) in [4.78, 5) is 23.1. The Bertz CT molecular complexity index is 1170. The number of nitrogens with zero attached hydrogens (tertiary/aromatic N) is 3. The van der Waals surface area contributed by atoms with E-state index in [1.165, 1.54) is 5.56 Å². The molecule has 1 saturated heterocycles. The molecule has 28 heavy (non-hydrogen) atoms. The number of aryl methyl sites for hydroxylation is 2. The number of fused-ring (bicyclic) bond motifs is 1. The molecular weight excluding hydrogens is 354 g/mol. The third kappa shape index (κ3) is 2.79. The Morgan fingerprint density at radius 1 is 1.21 bits per heavy atom. The minimum absolute atomic E-state index is 0.0637. The van der Waals surface area contributed by atoms with E-state index in [-0.39, 0.29) is 11.9 Å². The Labute approximate surface area is 161 Å². The Morgan fingerprint density at radius 3 is 2.93 bits per heavy atom. The highest BCUT2D eigenvalue weighted by Crippen LogP contribution is 2.33. The minimum atomic E-state index is -0.0927. The van der Waals surface area contributed by atoms with Crippen LogP contribution in [0.25, 0.3) is 22.5 Å². The average molecular weight is 375 g/mol. The number of hydrogen-bond donors (Lipinski definition) is 2. The number of carbonyl (C=O) groups excluding carboxylic acids is 1. The molecule has 1 aliphatic heterocycles. The Kier molecular flexibility index (Phi) is 3.82. The second-order valence-electron chi connectivity index (χ2n) is 7.38. The molecule has 0 bridgehead atoms. The molecule has 0 spiro atoms. The zero-order valence-corrected chi connectivity index (χ0v) is 15.8. The Balaban J connectivity index is 1.43. The van der Waals surface area contributed by atoms with Gasteiger partial charge in [0.1, 0.15) is 17.3 Å². The van der Waals surface area contributed by atoms with Crippen LogP contribution in [0.1, 0.15) is 46.5 Å². The molecule has 3 aromatic heterocycles. The van der Waals surface area contributed by atoms with E-state index < -0.39 is 0 Å². The highest BCUT2D eigenvalue weighted by molar-refractivity contribution is 5.93. The number of amides is 1. The van der Waals surface area contributed by atoms with E-state index in [1.807, 2.05) is 36.1 Å². The van der Waals surface area contributed by atoms with Crippen LogP contribution in [0.3, 0.4) is 0 Å². The van der Waals surface area contributed by atoms with Crippen LogP contribution in [-0.2, 0) is 0 Å². The molecule has 0 aliphatic carbocycles. The highest BCUT2D eigenvalue weighted by Gasteiger charge is 2.33. The van der Waals surface area contributed by atoms with Crippen molar-refractivity contribution in [2.45, 2.75) is 32.7 Å². The van der Waals surface area contributed by atoms with Gasteiger partial charge in [-0.3, -0.25) is 9.89 Å². The van der Waals surface area contributed by atoms with Crippen LogP contribution in [0.15, 0.2) is 40.8 Å². The summed E-state index contributed by atoms with van der Waals surface area (Å²) < 4.78 is 5.61. The molecule has 1 aliphatic rings. The molecule has 7 heteroatoms. The van der Waals surface area contributed by atoms with Crippen LogP contribution in [0.2, 0.25) is 0 Å². The fourth-order valence-electron chi connectivity index (χ4n) is 3.88. The molecule has 0 radical (unpaired) electrons. The first-order chi connectivity index (χ1) is 13.6. The third-order valence-corrected chi connectivity index (χ3v) is 5.29. The number of hydrogen-bond acceptors (Lipinski definition) is 4. The van der Waals surface area contributed by atoms with E-state index in [9.17, 15) is 4.79 Å². The van der Waals surface area contributed by atoms with Crippen LogP contribution < -0.4 is 0 Å². The standard InChI is InChI=1S/C21H21N5O2/c1-12-5-7-14-15(10-12)23-20(22-14)18-4-3-9-26(18)21(27)17-11-16(24-25-17)19-8-6-13(2)28-19/h5-8,10-11,18H,3-4,9H2,1-2H3,(H,22,23)(H,24,25)/t18-/m1/s1. The first kappa shape index (κ1) is 16.8. The summed E-state index contributed by atoms with van der Waals surface area (Å²) in [7, 11) is 0. The van der Waals surface area contributed by atoms with Gasteiger partial charge in [0.2, 0.25) is 0 Å². The second kappa shape index (κ2) is 6.37. The molecule has 1 amide bonds. The largest absolute Gasteiger partial charge is 0.460 e. The second-order valence-corrected chi connectivity index (χ2v) is 7.38. The maximum atomic E-state index is 13.1. The van der Waals surface area contributed by atoms with Gasteiger partial charge in [-0.2, -0.15) is 5.10 Å². The number of H-pyrrole nitrogens is 2. The van der Waals surface area contributed by atoms with Crippen LogP contribution in [0, 0.1) is 13.8 Å². The van der Waals surface area contributed by atoms with Crippen LogP contribution in [0.5, 0.6) is 0 Å². The van der Waals surface area contributed by atoms with Crippen LogP contribution >= 0.6 is 0 Å². The molecule has 1 atom stereocenters. The summed E-state index contributed by atoms with van der Waals surface area (Å²) in [6.07, 6.45) is 1.83. The molecule has 4 aromatic rings. The van der Waals surface area contributed by atoms with Gasteiger partial charge in [-0.1, -0.05) is 6.07 Å². The predicted molar refractivity (Wildman–Crippen MR) is 105 cm³/mol. The molecule has 2 N–H and O–H groups in total. The van der Waals surface area contributed by atoms with Crippen LogP contribution in [0.4, 0.5) is 0 Å². The SMILES string of the molecule is Cc1ccc2nc([C@H]3CCCN3C(=O)c3cc(-c4ccc(C)o4)[nH]n3)[nH]c2c1. The normalized spacial score (nSPS) is 16.9. The van der Waals surface area contributed by atoms with E-state index in [0.717, 1.165) is 35.5 Å². The smallest absolute Gasteiger partial charge is 0.274 e. The van der Waals surface area contributed by atoms with Crippen molar-refractivity contribution in [3.8, 4) is 11.5 Å². The quantitative estimate of drug-likeness (QED) is 0.563. The van der Waals surface area contributed by atoms with E-state index >= 15 is 0 Å². The van der Waals surface area contributed by atoms with Crippen molar-refractivity contribution in [1.82, 2.24) is 25.1 Å². The number of carbonyl (C=O) groups is 1. The first-order valence-electron chi connectivity index (χ1n) is 9.48. The van der Waals surface area contributed by atoms with Crippen molar-refractivity contribution in [3.63, 3.8) is 0 Å². The number of aromatic amines is 2. The number of likely N-dealkylation sites (tertiary alicyclic amines) is 1. The number of imidazole rings is 1. The molecule has 0 unspecified atom stereocenters. The zero-order chi connectivity index (χ0) is 19.3. The lowest BCUT2D eigenvalue weighted by Crippen LogP contribution is -2.31. The van der Waals surface area contributed by atoms with Gasteiger partial charge >= 0.3 is 0 Å². The third-order valence-electron chi connectivity index (χ3n) is 5.29. The van der Waals surface area contributed by atoms with Crippen molar-refractivity contribution in [3.05, 3.63) is 59.2 Å². The van der Waals surface area contributed by atoms with E-state index in [0.29, 0.717) is 23.7 Å². The lowest BCUT2D eigenvalue weighted by molar-refractivity contribution is 0.0724. The number of nitrogens with one attached hydrogen (secondary N) is 2. The number of rotatable bonds is 3. The Morgan fingerprint density at radius 2 is 2.11 bits per heavy atom. The maximum Gasteiger partial charge on any atom is 0.274 e. The van der Waals surface area contributed by atoms with Gasteiger partial charge in [-0.25, -0.2) is 4.98 Å². The summed E-state index contributed by atoms with van der Waals surface area (Å²) in [5, 5.41) is 7.13. The van der Waals surface area contributed by atoms with Crippen molar-refractivity contribution in [2.75, 3.05) is 6.54 Å². The molecule has 7 nitrogen and oxygen atoms in total. The van der Waals surface area contributed by atoms with Crippen molar-refractivity contribution < 1.29 is 9.21 Å². The van der Waals surface area contributed by atoms with E-state index in [2.05, 4.69) is 28.2 Å². The van der Waals surface area contributed by atoms with Gasteiger partial charge in [-0.15, -0.1) is 0 Å². The fraction of sp³-hybridized carbons (Fsp3) is 0.286. The molecule has 1 fully saturated rings. The summed E-state index contributed by atoms with van der Waals surface area (Å²) in [6.45, 7) is 4.64. The predicted octanol–water partition coefficient (Wildman–Crippen LogP) is 4.14. The molecule has 5 rings (SSSR count). The minimum Gasteiger partial charge on any atom is -0.460 e.